The van der Waals surface area contributed by atoms with Crippen molar-refractivity contribution in [3.63, 3.8) is 0 Å². The zero-order valence-corrected chi connectivity index (χ0v) is 15.7. The summed E-state index contributed by atoms with van der Waals surface area (Å²) in [5, 5.41) is 13.4. The van der Waals surface area contributed by atoms with Crippen molar-refractivity contribution in [1.29, 1.82) is 0 Å². The van der Waals surface area contributed by atoms with Gasteiger partial charge in [-0.05, 0) is 41.8 Å². The summed E-state index contributed by atoms with van der Waals surface area (Å²) in [6, 6.07) is 12.8. The zero-order chi connectivity index (χ0) is 19.0. The van der Waals surface area contributed by atoms with E-state index < -0.39 is 5.97 Å². The van der Waals surface area contributed by atoms with Gasteiger partial charge < -0.3 is 14.6 Å². The fraction of sp³-hybridized carbons (Fsp3) is 0.143. The van der Waals surface area contributed by atoms with Gasteiger partial charge >= 0.3 is 5.97 Å². The molecule has 1 N–H and O–H groups in total. The Labute approximate surface area is 159 Å². The number of hydrogen-bond acceptors (Lipinski definition) is 5. The maximum atomic E-state index is 11.3. The highest BCUT2D eigenvalue weighted by Crippen LogP contribution is 2.34. The highest BCUT2D eigenvalue weighted by molar-refractivity contribution is 7.18. The lowest BCUT2D eigenvalue weighted by molar-refractivity contribution is 0.0697. The molecule has 6 heteroatoms. The van der Waals surface area contributed by atoms with Crippen molar-refractivity contribution in [2.24, 2.45) is 0 Å². The van der Waals surface area contributed by atoms with E-state index in [1.807, 2.05) is 29.6 Å². The van der Waals surface area contributed by atoms with Gasteiger partial charge in [-0.3, -0.25) is 4.98 Å². The Bertz CT molecular complexity index is 1170. The zero-order valence-electron chi connectivity index (χ0n) is 14.9. The van der Waals surface area contributed by atoms with Crippen LogP contribution in [0.5, 0.6) is 11.5 Å². The molecule has 0 radical (unpaired) electrons. The van der Waals surface area contributed by atoms with E-state index in [0.29, 0.717) is 11.9 Å². The Morgan fingerprint density at radius 2 is 1.93 bits per heavy atom. The van der Waals surface area contributed by atoms with E-state index in [0.717, 1.165) is 38.2 Å². The molecule has 0 aliphatic rings. The summed E-state index contributed by atoms with van der Waals surface area (Å²) in [7, 11) is 3.27. The van der Waals surface area contributed by atoms with E-state index in [1.54, 1.807) is 37.7 Å². The van der Waals surface area contributed by atoms with E-state index in [2.05, 4.69) is 6.07 Å². The van der Waals surface area contributed by atoms with Crippen molar-refractivity contribution in [3.05, 3.63) is 64.7 Å². The number of hydrogen-bond donors (Lipinski definition) is 1. The molecular formula is C21H17NO4S. The summed E-state index contributed by atoms with van der Waals surface area (Å²) in [5.41, 5.74) is 2.76. The third-order valence-corrected chi connectivity index (χ3v) is 5.51. The summed E-state index contributed by atoms with van der Waals surface area (Å²) >= 11 is 1.63. The lowest BCUT2D eigenvalue weighted by Crippen LogP contribution is -2.00. The Kier molecular flexibility index (Phi) is 4.41. The Hall–Kier alpha value is -3.12. The smallest absolute Gasteiger partial charge is 0.335 e. The van der Waals surface area contributed by atoms with Gasteiger partial charge in [-0.1, -0.05) is 6.07 Å². The predicted molar refractivity (Wildman–Crippen MR) is 106 cm³/mol. The molecule has 4 rings (SSSR count). The van der Waals surface area contributed by atoms with Crippen LogP contribution in [-0.2, 0) is 6.42 Å². The van der Waals surface area contributed by atoms with E-state index in [-0.39, 0.29) is 5.56 Å². The molecule has 0 fully saturated rings. The Balaban J connectivity index is 1.90. The summed E-state index contributed by atoms with van der Waals surface area (Å²) in [6.07, 6.45) is 0.556. The first kappa shape index (κ1) is 17.3. The van der Waals surface area contributed by atoms with E-state index in [1.165, 1.54) is 0 Å². The number of rotatable bonds is 5. The van der Waals surface area contributed by atoms with Gasteiger partial charge in [0, 0.05) is 27.5 Å². The summed E-state index contributed by atoms with van der Waals surface area (Å²) in [6.45, 7) is 0. The van der Waals surface area contributed by atoms with Crippen LogP contribution in [0.3, 0.4) is 0 Å². The number of fused-ring (bicyclic) bond motifs is 3. The predicted octanol–water partition coefficient (Wildman–Crippen LogP) is 4.76. The normalized spacial score (nSPS) is 11.0. The van der Waals surface area contributed by atoms with Crippen molar-refractivity contribution in [3.8, 4) is 11.5 Å². The number of nitrogens with zero attached hydrogens (tertiary/aromatic N) is 1. The van der Waals surface area contributed by atoms with Crippen molar-refractivity contribution in [2.45, 2.75) is 6.42 Å². The first-order valence-electron chi connectivity index (χ1n) is 8.34. The molecule has 0 spiro atoms. The summed E-state index contributed by atoms with van der Waals surface area (Å²) < 4.78 is 11.9. The van der Waals surface area contributed by atoms with Crippen LogP contribution in [-0.4, -0.2) is 30.3 Å². The summed E-state index contributed by atoms with van der Waals surface area (Å²) in [5.74, 6) is 0.558. The van der Waals surface area contributed by atoms with Crippen LogP contribution in [0.1, 0.15) is 21.6 Å². The highest BCUT2D eigenvalue weighted by atomic mass is 32.1. The highest BCUT2D eigenvalue weighted by Gasteiger charge is 2.14. The van der Waals surface area contributed by atoms with Crippen molar-refractivity contribution < 1.29 is 19.4 Å². The van der Waals surface area contributed by atoms with Gasteiger partial charge in [0.05, 0.1) is 31.0 Å². The Morgan fingerprint density at radius 3 is 2.67 bits per heavy atom. The number of pyridine rings is 1. The number of aromatic carboxylic acids is 1. The average Bonchev–Trinajstić information content (AvgIpc) is 3.18. The van der Waals surface area contributed by atoms with Gasteiger partial charge in [-0.15, -0.1) is 11.3 Å². The van der Waals surface area contributed by atoms with Crippen LogP contribution < -0.4 is 9.47 Å². The lowest BCUT2D eigenvalue weighted by atomic mass is 10.0. The number of methoxy groups -OCH3 is 2. The fourth-order valence-corrected chi connectivity index (χ4v) is 4.19. The molecule has 2 aromatic heterocycles. The molecule has 0 aliphatic heterocycles. The average molecular weight is 379 g/mol. The molecule has 0 atom stereocenters. The van der Waals surface area contributed by atoms with Crippen LogP contribution in [0.15, 0.2) is 47.8 Å². The van der Waals surface area contributed by atoms with E-state index >= 15 is 0 Å². The van der Waals surface area contributed by atoms with Gasteiger partial charge in [0.25, 0.3) is 0 Å². The molecular weight excluding hydrogens is 362 g/mol. The molecule has 0 saturated carbocycles. The van der Waals surface area contributed by atoms with Crippen LogP contribution >= 0.6 is 11.3 Å². The molecule has 2 aromatic carbocycles. The van der Waals surface area contributed by atoms with Crippen molar-refractivity contribution in [1.82, 2.24) is 4.98 Å². The molecule has 0 saturated heterocycles. The third-order valence-electron chi connectivity index (χ3n) is 4.57. The third kappa shape index (κ3) is 3.08. The number of ether oxygens (including phenoxy) is 2. The van der Waals surface area contributed by atoms with Crippen LogP contribution in [0.25, 0.3) is 21.0 Å². The first-order chi connectivity index (χ1) is 13.1. The molecule has 4 aromatic rings. The molecule has 136 valence electrons. The second-order valence-corrected chi connectivity index (χ2v) is 7.03. The number of carboxylic acids is 1. The molecule has 2 heterocycles. The maximum absolute atomic E-state index is 11.3. The monoisotopic (exact) mass is 379 g/mol. The minimum Gasteiger partial charge on any atom is -0.497 e. The largest absolute Gasteiger partial charge is 0.497 e. The number of carbonyl (C=O) groups is 1. The second kappa shape index (κ2) is 6.89. The topological polar surface area (TPSA) is 68.7 Å². The molecule has 0 aliphatic carbocycles. The molecule has 0 unspecified atom stereocenters. The fourth-order valence-electron chi connectivity index (χ4n) is 3.24. The number of benzene rings is 2. The van der Waals surface area contributed by atoms with Gasteiger partial charge in [0.1, 0.15) is 11.5 Å². The quantitative estimate of drug-likeness (QED) is 0.542. The van der Waals surface area contributed by atoms with E-state index in [9.17, 15) is 9.90 Å². The maximum Gasteiger partial charge on any atom is 0.335 e. The van der Waals surface area contributed by atoms with Gasteiger partial charge in [0.2, 0.25) is 0 Å². The van der Waals surface area contributed by atoms with Crippen LogP contribution in [0, 0.1) is 0 Å². The Morgan fingerprint density at radius 1 is 1.07 bits per heavy atom. The van der Waals surface area contributed by atoms with Crippen molar-refractivity contribution >= 4 is 38.3 Å². The van der Waals surface area contributed by atoms with Gasteiger partial charge in [0.15, 0.2) is 0 Å². The number of carboxylic acid groups (broad SMARTS) is 1. The summed E-state index contributed by atoms with van der Waals surface area (Å²) in [4.78, 5) is 16.1. The van der Waals surface area contributed by atoms with Gasteiger partial charge in [-0.25, -0.2) is 4.79 Å². The minimum absolute atomic E-state index is 0.232. The SMILES string of the molecule is COc1ccc(OC)c(Cc2nc3cc(C(=O)O)ccc3c3sccc23)c1. The minimum atomic E-state index is -0.957. The van der Waals surface area contributed by atoms with Crippen LogP contribution in [0.2, 0.25) is 0 Å². The van der Waals surface area contributed by atoms with E-state index in [4.69, 9.17) is 14.5 Å². The number of aromatic nitrogens is 1. The first-order valence-corrected chi connectivity index (χ1v) is 9.22. The number of thiophene rings is 1. The molecule has 27 heavy (non-hydrogen) atoms. The molecule has 0 bridgehead atoms. The second-order valence-electron chi connectivity index (χ2n) is 6.11. The molecule has 0 amide bonds. The van der Waals surface area contributed by atoms with Crippen LogP contribution in [0.4, 0.5) is 0 Å². The lowest BCUT2D eigenvalue weighted by Gasteiger charge is -2.12. The molecule has 5 nitrogen and oxygen atoms in total. The van der Waals surface area contributed by atoms with Gasteiger partial charge in [-0.2, -0.15) is 0 Å². The van der Waals surface area contributed by atoms with Crippen molar-refractivity contribution in [2.75, 3.05) is 14.2 Å². The standard InChI is InChI=1S/C21H17NO4S/c1-25-14-4-6-19(26-2)13(9-14)11-18-16-7-8-27-20(16)15-5-3-12(21(23)24)10-17(15)22-18/h3-10H,11H2,1-2H3,(H,23,24).